The van der Waals surface area contributed by atoms with E-state index in [1.165, 1.54) is 6.33 Å². The minimum atomic E-state index is 0.522. The Bertz CT molecular complexity index is 1070. The SMILES string of the molecule is CNc1cc(Nc2nccc3[nH]c(-c4c(Cl)cccc4Cl)nc23)ncn1. The van der Waals surface area contributed by atoms with Crippen LogP contribution in [0.15, 0.2) is 42.9 Å². The third kappa shape index (κ3) is 3.02. The molecule has 1 aromatic carbocycles. The van der Waals surface area contributed by atoms with E-state index in [1.54, 1.807) is 37.5 Å². The fourth-order valence-corrected chi connectivity index (χ4v) is 3.13. The number of pyridine rings is 1. The largest absolute Gasteiger partial charge is 0.373 e. The van der Waals surface area contributed by atoms with Crippen molar-refractivity contribution in [3.63, 3.8) is 0 Å². The van der Waals surface area contributed by atoms with Crippen molar-refractivity contribution in [1.82, 2.24) is 24.9 Å². The van der Waals surface area contributed by atoms with Crippen molar-refractivity contribution >= 4 is 51.7 Å². The van der Waals surface area contributed by atoms with E-state index >= 15 is 0 Å². The van der Waals surface area contributed by atoms with Gasteiger partial charge in [0.1, 0.15) is 29.3 Å². The Morgan fingerprint density at radius 2 is 1.77 bits per heavy atom. The highest BCUT2D eigenvalue weighted by Crippen LogP contribution is 2.34. The molecule has 0 aliphatic rings. The van der Waals surface area contributed by atoms with Gasteiger partial charge < -0.3 is 15.6 Å². The molecule has 0 aliphatic heterocycles. The molecule has 9 heteroatoms. The van der Waals surface area contributed by atoms with Crippen molar-refractivity contribution in [2.24, 2.45) is 0 Å². The van der Waals surface area contributed by atoms with Gasteiger partial charge >= 0.3 is 0 Å². The Hall–Kier alpha value is -2.90. The summed E-state index contributed by atoms with van der Waals surface area (Å²) in [6, 6.07) is 8.95. The summed E-state index contributed by atoms with van der Waals surface area (Å²) in [5, 5.41) is 7.17. The third-order valence-corrected chi connectivity index (χ3v) is 4.40. The highest BCUT2D eigenvalue weighted by molar-refractivity contribution is 6.39. The Morgan fingerprint density at radius 1 is 1.00 bits per heavy atom. The van der Waals surface area contributed by atoms with Gasteiger partial charge in [0.05, 0.1) is 21.1 Å². The molecule has 0 spiro atoms. The van der Waals surface area contributed by atoms with Crippen molar-refractivity contribution in [2.75, 3.05) is 17.7 Å². The van der Waals surface area contributed by atoms with Crippen LogP contribution in [0.2, 0.25) is 10.0 Å². The molecular weight excluding hydrogens is 373 g/mol. The molecule has 3 heterocycles. The predicted molar refractivity (Wildman–Crippen MR) is 104 cm³/mol. The average Bonchev–Trinajstić information content (AvgIpc) is 3.06. The molecule has 4 rings (SSSR count). The van der Waals surface area contributed by atoms with Crippen LogP contribution < -0.4 is 10.6 Å². The lowest BCUT2D eigenvalue weighted by Gasteiger charge is -2.06. The number of hydrogen-bond acceptors (Lipinski definition) is 6. The molecule has 3 N–H and O–H groups in total. The number of aromatic amines is 1. The van der Waals surface area contributed by atoms with Gasteiger partial charge in [-0.05, 0) is 18.2 Å². The van der Waals surface area contributed by atoms with Crippen LogP contribution in [-0.4, -0.2) is 32.0 Å². The number of nitrogens with zero attached hydrogens (tertiary/aromatic N) is 4. The Balaban J connectivity index is 1.79. The van der Waals surface area contributed by atoms with Gasteiger partial charge in [-0.3, -0.25) is 0 Å². The van der Waals surface area contributed by atoms with Gasteiger partial charge in [-0.1, -0.05) is 29.3 Å². The summed E-state index contributed by atoms with van der Waals surface area (Å²) in [6.07, 6.45) is 3.15. The average molecular weight is 386 g/mol. The van der Waals surface area contributed by atoms with Gasteiger partial charge in [0, 0.05) is 19.3 Å². The summed E-state index contributed by atoms with van der Waals surface area (Å²) in [4.78, 5) is 20.5. The number of benzene rings is 1. The third-order valence-electron chi connectivity index (χ3n) is 3.77. The number of fused-ring (bicyclic) bond motifs is 1. The minimum Gasteiger partial charge on any atom is -0.373 e. The molecule has 0 radical (unpaired) electrons. The van der Waals surface area contributed by atoms with Gasteiger partial charge in [-0.2, -0.15) is 0 Å². The number of rotatable bonds is 4. The number of hydrogen-bond donors (Lipinski definition) is 3. The lowest BCUT2D eigenvalue weighted by Crippen LogP contribution is -1.99. The smallest absolute Gasteiger partial charge is 0.159 e. The molecule has 130 valence electrons. The first-order valence-corrected chi connectivity index (χ1v) is 8.47. The van der Waals surface area contributed by atoms with Crippen LogP contribution in [-0.2, 0) is 0 Å². The van der Waals surface area contributed by atoms with Crippen molar-refractivity contribution in [2.45, 2.75) is 0 Å². The van der Waals surface area contributed by atoms with Gasteiger partial charge in [-0.25, -0.2) is 19.9 Å². The van der Waals surface area contributed by atoms with E-state index in [-0.39, 0.29) is 0 Å². The highest BCUT2D eigenvalue weighted by Gasteiger charge is 2.15. The fraction of sp³-hybridized carbons (Fsp3) is 0.0588. The zero-order valence-electron chi connectivity index (χ0n) is 13.6. The zero-order valence-corrected chi connectivity index (χ0v) is 15.1. The Kier molecular flexibility index (Phi) is 4.32. The summed E-state index contributed by atoms with van der Waals surface area (Å²) >= 11 is 12.6. The predicted octanol–water partition coefficient (Wildman–Crippen LogP) is 4.51. The Morgan fingerprint density at radius 3 is 2.54 bits per heavy atom. The number of aromatic nitrogens is 5. The summed E-state index contributed by atoms with van der Waals surface area (Å²) in [5.41, 5.74) is 2.11. The van der Waals surface area contributed by atoms with Gasteiger partial charge in [0.2, 0.25) is 0 Å². The molecule has 0 saturated heterocycles. The van der Waals surface area contributed by atoms with Crippen LogP contribution in [0.25, 0.3) is 22.4 Å². The molecule has 0 aliphatic carbocycles. The molecule has 3 aromatic heterocycles. The van der Waals surface area contributed by atoms with E-state index in [0.29, 0.717) is 44.4 Å². The van der Waals surface area contributed by atoms with E-state index in [0.717, 1.165) is 5.52 Å². The first-order chi connectivity index (χ1) is 12.7. The topological polar surface area (TPSA) is 91.4 Å². The van der Waals surface area contributed by atoms with Gasteiger partial charge in [0.15, 0.2) is 5.82 Å². The normalized spacial score (nSPS) is 10.9. The van der Waals surface area contributed by atoms with Gasteiger partial charge in [-0.15, -0.1) is 0 Å². The van der Waals surface area contributed by atoms with E-state index in [4.69, 9.17) is 23.2 Å². The molecule has 0 fully saturated rings. The molecule has 4 aromatic rings. The number of imidazole rings is 1. The van der Waals surface area contributed by atoms with Crippen LogP contribution in [0.1, 0.15) is 0 Å². The van der Waals surface area contributed by atoms with E-state index in [2.05, 4.69) is 35.6 Å². The number of nitrogens with one attached hydrogen (secondary N) is 3. The van der Waals surface area contributed by atoms with Crippen LogP contribution in [0, 0.1) is 0 Å². The number of H-pyrrole nitrogens is 1. The molecule has 0 bridgehead atoms. The fourth-order valence-electron chi connectivity index (χ4n) is 2.55. The van der Waals surface area contributed by atoms with Gasteiger partial charge in [0.25, 0.3) is 0 Å². The van der Waals surface area contributed by atoms with Crippen LogP contribution >= 0.6 is 23.2 Å². The van der Waals surface area contributed by atoms with E-state index in [9.17, 15) is 0 Å². The Labute approximate surface area is 158 Å². The molecule has 26 heavy (non-hydrogen) atoms. The second-order valence-electron chi connectivity index (χ2n) is 5.40. The zero-order chi connectivity index (χ0) is 18.1. The number of anilines is 3. The second-order valence-corrected chi connectivity index (χ2v) is 6.22. The summed E-state index contributed by atoms with van der Waals surface area (Å²) in [6.45, 7) is 0. The standard InChI is InChI=1S/C17H13Cl2N7/c1-20-12-7-13(23-8-22-12)25-17-15-11(5-6-21-17)24-16(26-15)14-9(18)3-2-4-10(14)19/h2-8H,1H3,(H,24,26)(H2,20,21,22,23,25). The lowest BCUT2D eigenvalue weighted by molar-refractivity contribution is 1.15. The molecule has 0 amide bonds. The first kappa shape index (κ1) is 16.6. The monoisotopic (exact) mass is 385 g/mol. The van der Waals surface area contributed by atoms with Crippen LogP contribution in [0.3, 0.4) is 0 Å². The quantitative estimate of drug-likeness (QED) is 0.478. The van der Waals surface area contributed by atoms with Crippen LogP contribution in [0.4, 0.5) is 17.5 Å². The summed E-state index contributed by atoms with van der Waals surface area (Å²) in [7, 11) is 1.79. The molecule has 0 saturated carbocycles. The second kappa shape index (κ2) is 6.78. The maximum Gasteiger partial charge on any atom is 0.159 e. The lowest BCUT2D eigenvalue weighted by atomic mass is 10.2. The summed E-state index contributed by atoms with van der Waals surface area (Å²) in [5.74, 6) is 2.43. The number of halogens is 2. The summed E-state index contributed by atoms with van der Waals surface area (Å²) < 4.78 is 0. The molecular formula is C17H13Cl2N7. The highest BCUT2D eigenvalue weighted by atomic mass is 35.5. The maximum absolute atomic E-state index is 6.29. The van der Waals surface area contributed by atoms with Crippen molar-refractivity contribution in [1.29, 1.82) is 0 Å². The molecule has 0 atom stereocenters. The van der Waals surface area contributed by atoms with Crippen molar-refractivity contribution in [3.8, 4) is 11.4 Å². The van der Waals surface area contributed by atoms with E-state index in [1.807, 2.05) is 6.07 Å². The molecule has 7 nitrogen and oxygen atoms in total. The maximum atomic E-state index is 6.29. The minimum absolute atomic E-state index is 0.522. The van der Waals surface area contributed by atoms with Crippen LogP contribution in [0.5, 0.6) is 0 Å². The van der Waals surface area contributed by atoms with E-state index < -0.39 is 0 Å². The van der Waals surface area contributed by atoms with Crippen molar-refractivity contribution < 1.29 is 0 Å². The first-order valence-electron chi connectivity index (χ1n) is 7.71. The molecule has 0 unspecified atom stereocenters. The van der Waals surface area contributed by atoms with Crippen molar-refractivity contribution in [3.05, 3.63) is 52.9 Å².